The first-order valence-corrected chi connectivity index (χ1v) is 10.2. The average molecular weight is 417 g/mol. The number of methoxy groups -OCH3 is 1. The fourth-order valence-corrected chi connectivity index (χ4v) is 3.47. The number of hydrogen-bond donors (Lipinski definition) is 0. The second kappa shape index (κ2) is 8.76. The largest absolute Gasteiger partial charge is 0.465 e. The minimum atomic E-state index is -0.472. The number of ether oxygens (including phenoxy) is 2. The fraction of sp³-hybridized carbons (Fsp3) is 0.259. The third kappa shape index (κ3) is 4.69. The van der Waals surface area contributed by atoms with E-state index in [4.69, 9.17) is 4.74 Å². The first kappa shape index (κ1) is 22.3. The third-order valence-electron chi connectivity index (χ3n) is 5.87. The Morgan fingerprint density at radius 3 is 1.71 bits per heavy atom. The van der Waals surface area contributed by atoms with Crippen LogP contribution in [0.2, 0.25) is 0 Å². The summed E-state index contributed by atoms with van der Waals surface area (Å²) in [5.74, 6) is -0.403. The Balaban J connectivity index is 1.81. The predicted molar refractivity (Wildman–Crippen MR) is 122 cm³/mol. The zero-order chi connectivity index (χ0) is 22.8. The normalized spacial score (nSPS) is 11.2. The summed E-state index contributed by atoms with van der Waals surface area (Å²) in [6.45, 7) is 10.6. The van der Waals surface area contributed by atoms with Crippen LogP contribution in [-0.2, 0) is 10.2 Å². The molecule has 0 spiro atoms. The van der Waals surface area contributed by atoms with Crippen LogP contribution in [0.5, 0.6) is 5.75 Å². The maximum Gasteiger partial charge on any atom is 0.343 e. The zero-order valence-corrected chi connectivity index (χ0v) is 18.9. The molecule has 3 aromatic rings. The Hall–Kier alpha value is -3.40. The number of carbonyl (C=O) groups is 2. The summed E-state index contributed by atoms with van der Waals surface area (Å²) < 4.78 is 10.3. The van der Waals surface area contributed by atoms with Gasteiger partial charge < -0.3 is 9.47 Å². The molecule has 0 amide bonds. The Morgan fingerprint density at radius 2 is 1.19 bits per heavy atom. The lowest BCUT2D eigenvalue weighted by Crippen LogP contribution is -2.19. The first-order valence-electron chi connectivity index (χ1n) is 10.2. The van der Waals surface area contributed by atoms with Gasteiger partial charge in [0.1, 0.15) is 5.75 Å². The van der Waals surface area contributed by atoms with Crippen LogP contribution in [0.25, 0.3) is 0 Å². The minimum Gasteiger partial charge on any atom is -0.465 e. The van der Waals surface area contributed by atoms with Crippen molar-refractivity contribution >= 4 is 11.9 Å². The zero-order valence-electron chi connectivity index (χ0n) is 18.9. The Labute approximate surface area is 183 Å². The molecule has 0 atom stereocenters. The van der Waals surface area contributed by atoms with Crippen molar-refractivity contribution in [3.63, 3.8) is 0 Å². The van der Waals surface area contributed by atoms with Gasteiger partial charge in [-0.1, -0.05) is 44.2 Å². The van der Waals surface area contributed by atoms with Crippen molar-refractivity contribution in [2.45, 2.75) is 40.0 Å². The van der Waals surface area contributed by atoms with Crippen molar-refractivity contribution in [3.8, 4) is 5.75 Å². The van der Waals surface area contributed by atoms with Crippen molar-refractivity contribution in [2.75, 3.05) is 7.11 Å². The highest BCUT2D eigenvalue weighted by Gasteiger charge is 2.24. The van der Waals surface area contributed by atoms with Crippen molar-refractivity contribution < 1.29 is 19.1 Å². The summed E-state index contributed by atoms with van der Waals surface area (Å²) in [5.41, 5.74) is 6.38. The molecule has 0 heterocycles. The van der Waals surface area contributed by atoms with Crippen LogP contribution in [0.15, 0.2) is 60.7 Å². The van der Waals surface area contributed by atoms with E-state index in [2.05, 4.69) is 56.7 Å². The summed E-state index contributed by atoms with van der Waals surface area (Å²) in [6, 6.07) is 18.7. The van der Waals surface area contributed by atoms with Crippen LogP contribution in [0, 0.1) is 20.8 Å². The molecule has 0 N–H and O–H groups in total. The van der Waals surface area contributed by atoms with Gasteiger partial charge in [0.05, 0.1) is 18.2 Å². The summed E-state index contributed by atoms with van der Waals surface area (Å²) >= 11 is 0. The SMILES string of the molecule is COC(=O)c1ccc(C(=O)Oc2ccc(C(C)(C)c3ccc(C)c(C)c3)cc2C)cc1. The lowest BCUT2D eigenvalue weighted by molar-refractivity contribution is 0.0599. The summed E-state index contributed by atoms with van der Waals surface area (Å²) in [6.07, 6.45) is 0. The number of rotatable bonds is 5. The molecule has 0 bridgehead atoms. The van der Waals surface area contributed by atoms with Crippen molar-refractivity contribution in [3.05, 3.63) is 99.6 Å². The molecule has 0 unspecified atom stereocenters. The van der Waals surface area contributed by atoms with E-state index in [0.29, 0.717) is 16.9 Å². The molecule has 0 fully saturated rings. The molecule has 31 heavy (non-hydrogen) atoms. The van der Waals surface area contributed by atoms with Crippen molar-refractivity contribution in [2.24, 2.45) is 0 Å². The van der Waals surface area contributed by atoms with Crippen LogP contribution in [-0.4, -0.2) is 19.0 Å². The first-order chi connectivity index (χ1) is 14.6. The van der Waals surface area contributed by atoms with E-state index in [1.807, 2.05) is 19.1 Å². The highest BCUT2D eigenvalue weighted by molar-refractivity contribution is 5.94. The van der Waals surface area contributed by atoms with Gasteiger partial charge in [0.25, 0.3) is 0 Å². The molecule has 0 aromatic heterocycles. The van der Waals surface area contributed by atoms with Gasteiger partial charge in [-0.25, -0.2) is 9.59 Å². The van der Waals surface area contributed by atoms with Gasteiger partial charge in [0.2, 0.25) is 0 Å². The number of aryl methyl sites for hydroxylation is 3. The molecule has 0 saturated heterocycles. The van der Waals surface area contributed by atoms with E-state index in [0.717, 1.165) is 11.1 Å². The number of benzene rings is 3. The Kier molecular flexibility index (Phi) is 6.30. The van der Waals surface area contributed by atoms with Gasteiger partial charge in [-0.15, -0.1) is 0 Å². The molecule has 0 saturated carbocycles. The van der Waals surface area contributed by atoms with Crippen LogP contribution >= 0.6 is 0 Å². The number of carbonyl (C=O) groups excluding carboxylic acids is 2. The van der Waals surface area contributed by atoms with E-state index >= 15 is 0 Å². The Morgan fingerprint density at radius 1 is 0.677 bits per heavy atom. The predicted octanol–water partition coefficient (Wildman–Crippen LogP) is 5.94. The summed E-state index contributed by atoms with van der Waals surface area (Å²) in [5, 5.41) is 0. The topological polar surface area (TPSA) is 52.6 Å². The monoisotopic (exact) mass is 416 g/mol. The second-order valence-corrected chi connectivity index (χ2v) is 8.36. The van der Waals surface area contributed by atoms with Crippen molar-refractivity contribution in [1.82, 2.24) is 0 Å². The van der Waals surface area contributed by atoms with E-state index in [-0.39, 0.29) is 5.41 Å². The molecule has 160 valence electrons. The van der Waals surface area contributed by atoms with Crippen LogP contribution in [0.3, 0.4) is 0 Å². The molecule has 4 heteroatoms. The second-order valence-electron chi connectivity index (χ2n) is 8.36. The standard InChI is InChI=1S/C27H28O4/c1-17-7-12-22(15-18(17)2)27(4,5)23-13-14-24(19(3)16-23)31-26(29)21-10-8-20(9-11-21)25(28)30-6/h7-16H,1-6H3. The fourth-order valence-electron chi connectivity index (χ4n) is 3.47. The Bertz CT molecular complexity index is 1120. The minimum absolute atomic E-state index is 0.185. The maximum atomic E-state index is 12.6. The molecule has 0 aliphatic heterocycles. The van der Waals surface area contributed by atoms with Crippen LogP contribution in [0.4, 0.5) is 0 Å². The van der Waals surface area contributed by atoms with Gasteiger partial charge >= 0.3 is 11.9 Å². The van der Waals surface area contributed by atoms with Crippen LogP contribution in [0.1, 0.15) is 62.4 Å². The molecule has 4 nitrogen and oxygen atoms in total. The van der Waals surface area contributed by atoms with E-state index in [1.165, 1.54) is 23.8 Å². The molecule has 3 rings (SSSR count). The molecule has 0 aliphatic carbocycles. The lowest BCUT2D eigenvalue weighted by Gasteiger charge is -2.27. The van der Waals surface area contributed by atoms with Gasteiger partial charge in [0, 0.05) is 5.41 Å². The summed E-state index contributed by atoms with van der Waals surface area (Å²) in [4.78, 5) is 24.1. The van der Waals surface area contributed by atoms with E-state index in [1.54, 1.807) is 24.3 Å². The highest BCUT2D eigenvalue weighted by atomic mass is 16.5. The van der Waals surface area contributed by atoms with Gasteiger partial charge in [-0.2, -0.15) is 0 Å². The van der Waals surface area contributed by atoms with E-state index in [9.17, 15) is 9.59 Å². The number of esters is 2. The van der Waals surface area contributed by atoms with Gasteiger partial charge in [-0.3, -0.25) is 0 Å². The van der Waals surface area contributed by atoms with Crippen LogP contribution < -0.4 is 4.74 Å². The molecule has 3 aromatic carbocycles. The number of hydrogen-bond acceptors (Lipinski definition) is 4. The quantitative estimate of drug-likeness (QED) is 0.381. The average Bonchev–Trinajstić information content (AvgIpc) is 2.76. The molecular formula is C27H28O4. The van der Waals surface area contributed by atoms with E-state index < -0.39 is 11.9 Å². The summed E-state index contributed by atoms with van der Waals surface area (Å²) in [7, 11) is 1.32. The molecular weight excluding hydrogens is 388 g/mol. The van der Waals surface area contributed by atoms with Gasteiger partial charge in [0.15, 0.2) is 0 Å². The highest BCUT2D eigenvalue weighted by Crippen LogP contribution is 2.35. The van der Waals surface area contributed by atoms with Crippen molar-refractivity contribution in [1.29, 1.82) is 0 Å². The smallest absolute Gasteiger partial charge is 0.343 e. The molecule has 0 aliphatic rings. The molecule has 0 radical (unpaired) electrons. The third-order valence-corrected chi connectivity index (χ3v) is 5.87. The van der Waals surface area contributed by atoms with Gasteiger partial charge in [-0.05, 0) is 78.9 Å². The lowest BCUT2D eigenvalue weighted by atomic mass is 9.77. The maximum absolute atomic E-state index is 12.6.